The monoisotopic (exact) mass is 279 g/mol. The van der Waals surface area contributed by atoms with Crippen LogP contribution in [0, 0.1) is 10.1 Å². The summed E-state index contributed by atoms with van der Waals surface area (Å²) in [4.78, 5) is 33.0. The molecule has 0 saturated heterocycles. The Hall–Kier alpha value is -2.44. The summed E-state index contributed by atoms with van der Waals surface area (Å²) in [7, 11) is 0. The largest absolute Gasteiger partial charge is 0.368 e. The summed E-state index contributed by atoms with van der Waals surface area (Å²) in [5.41, 5.74) is 5.62. The van der Waals surface area contributed by atoms with Crippen molar-refractivity contribution in [3.63, 3.8) is 0 Å². The van der Waals surface area contributed by atoms with Gasteiger partial charge in [0.25, 0.3) is 5.69 Å². The van der Waals surface area contributed by atoms with E-state index in [9.17, 15) is 19.7 Å². The van der Waals surface area contributed by atoms with E-state index in [-0.39, 0.29) is 18.0 Å². The molecule has 0 aliphatic heterocycles. The van der Waals surface area contributed by atoms with E-state index < -0.39 is 16.9 Å². The van der Waals surface area contributed by atoms with Crippen LogP contribution in [-0.2, 0) is 16.0 Å². The molecule has 1 aromatic carbocycles. The number of hydrogen-bond donors (Lipinski definition) is 2. The molecule has 0 aliphatic rings. The molecule has 1 aromatic rings. The maximum atomic E-state index is 11.8. The van der Waals surface area contributed by atoms with Gasteiger partial charge in [-0.1, -0.05) is 25.5 Å². The highest BCUT2D eigenvalue weighted by Gasteiger charge is 2.17. The molecule has 2 amide bonds. The van der Waals surface area contributed by atoms with E-state index in [1.54, 1.807) is 6.07 Å². The Kier molecular flexibility index (Phi) is 5.64. The zero-order valence-corrected chi connectivity index (χ0v) is 11.2. The highest BCUT2D eigenvalue weighted by Crippen LogP contribution is 2.13. The Morgan fingerprint density at radius 3 is 2.70 bits per heavy atom. The van der Waals surface area contributed by atoms with Crippen LogP contribution in [0.25, 0.3) is 0 Å². The van der Waals surface area contributed by atoms with Gasteiger partial charge >= 0.3 is 0 Å². The van der Waals surface area contributed by atoms with Crippen LogP contribution in [0.15, 0.2) is 24.3 Å². The minimum Gasteiger partial charge on any atom is -0.368 e. The van der Waals surface area contributed by atoms with Gasteiger partial charge in [-0.2, -0.15) is 0 Å². The van der Waals surface area contributed by atoms with Crippen LogP contribution in [0.2, 0.25) is 0 Å². The smallest absolute Gasteiger partial charge is 0.269 e. The van der Waals surface area contributed by atoms with Gasteiger partial charge in [0.2, 0.25) is 11.8 Å². The summed E-state index contributed by atoms with van der Waals surface area (Å²) in [5.74, 6) is -0.970. The number of nitrogens with one attached hydrogen (secondary N) is 1. The number of carbonyl (C=O) groups excluding carboxylic acids is 2. The first-order chi connectivity index (χ1) is 9.43. The van der Waals surface area contributed by atoms with E-state index in [1.807, 2.05) is 6.92 Å². The number of carbonyl (C=O) groups is 2. The third-order valence-corrected chi connectivity index (χ3v) is 2.74. The highest BCUT2D eigenvalue weighted by atomic mass is 16.6. The molecule has 0 unspecified atom stereocenters. The van der Waals surface area contributed by atoms with Gasteiger partial charge in [0.15, 0.2) is 0 Å². The van der Waals surface area contributed by atoms with Crippen LogP contribution in [0.4, 0.5) is 5.69 Å². The lowest BCUT2D eigenvalue weighted by Gasteiger charge is -2.14. The summed E-state index contributed by atoms with van der Waals surface area (Å²) in [6.07, 6.45) is 1.15. The highest BCUT2D eigenvalue weighted by molar-refractivity contribution is 5.87. The molecule has 0 heterocycles. The molecule has 0 aromatic heterocycles. The molecular formula is C13H17N3O4. The summed E-state index contributed by atoms with van der Waals surface area (Å²) in [6, 6.07) is 5.11. The van der Waals surface area contributed by atoms with E-state index >= 15 is 0 Å². The molecule has 0 spiro atoms. The van der Waals surface area contributed by atoms with E-state index in [1.165, 1.54) is 18.2 Å². The van der Waals surface area contributed by atoms with Gasteiger partial charge in [-0.3, -0.25) is 19.7 Å². The van der Waals surface area contributed by atoms with Crippen molar-refractivity contribution in [2.24, 2.45) is 5.73 Å². The first-order valence-corrected chi connectivity index (χ1v) is 6.26. The third-order valence-electron chi connectivity index (χ3n) is 2.74. The molecule has 0 bridgehead atoms. The molecule has 7 heteroatoms. The predicted octanol–water partition coefficient (Wildman–Crippen LogP) is 0.907. The maximum absolute atomic E-state index is 11.8. The van der Waals surface area contributed by atoms with E-state index in [4.69, 9.17) is 5.73 Å². The molecule has 3 N–H and O–H groups in total. The van der Waals surface area contributed by atoms with Crippen LogP contribution in [-0.4, -0.2) is 22.8 Å². The number of nitro benzene ring substituents is 1. The van der Waals surface area contributed by atoms with Crippen LogP contribution < -0.4 is 11.1 Å². The number of amides is 2. The fraction of sp³-hybridized carbons (Fsp3) is 0.385. The number of rotatable bonds is 7. The van der Waals surface area contributed by atoms with Gasteiger partial charge in [0.05, 0.1) is 11.3 Å². The molecule has 7 nitrogen and oxygen atoms in total. The van der Waals surface area contributed by atoms with E-state index in [2.05, 4.69) is 5.32 Å². The van der Waals surface area contributed by atoms with Crippen molar-refractivity contribution in [3.8, 4) is 0 Å². The van der Waals surface area contributed by atoms with Crippen LogP contribution in [0.3, 0.4) is 0 Å². The lowest BCUT2D eigenvalue weighted by atomic mass is 10.1. The molecule has 0 fully saturated rings. The second kappa shape index (κ2) is 7.22. The fourth-order valence-corrected chi connectivity index (χ4v) is 1.78. The molecule has 1 atom stereocenters. The van der Waals surface area contributed by atoms with Crippen molar-refractivity contribution in [1.82, 2.24) is 5.32 Å². The number of non-ortho nitro benzene ring substituents is 1. The molecule has 20 heavy (non-hydrogen) atoms. The Balaban J connectivity index is 2.68. The third kappa shape index (κ3) is 4.68. The van der Waals surface area contributed by atoms with Gasteiger partial charge < -0.3 is 11.1 Å². The van der Waals surface area contributed by atoms with E-state index in [0.717, 1.165) is 0 Å². The van der Waals surface area contributed by atoms with Gasteiger partial charge in [-0.05, 0) is 12.0 Å². The van der Waals surface area contributed by atoms with Gasteiger partial charge in [0, 0.05) is 12.1 Å². The normalized spacial score (nSPS) is 11.7. The van der Waals surface area contributed by atoms with Crippen LogP contribution in [0.1, 0.15) is 25.3 Å². The van der Waals surface area contributed by atoms with Gasteiger partial charge in [-0.15, -0.1) is 0 Å². The second-order valence-electron chi connectivity index (χ2n) is 4.41. The van der Waals surface area contributed by atoms with Crippen molar-refractivity contribution in [1.29, 1.82) is 0 Å². The molecule has 1 rings (SSSR count). The molecular weight excluding hydrogens is 262 g/mol. The number of nitrogens with zero attached hydrogens (tertiary/aromatic N) is 1. The SMILES string of the molecule is CCC[C@H](NC(=O)Cc1cccc([N+](=O)[O-])c1)C(N)=O. The Labute approximate surface area is 116 Å². The second-order valence-corrected chi connectivity index (χ2v) is 4.41. The number of benzene rings is 1. The van der Waals surface area contributed by atoms with Crippen molar-refractivity contribution < 1.29 is 14.5 Å². The quantitative estimate of drug-likeness (QED) is 0.570. The molecule has 0 aliphatic carbocycles. The van der Waals surface area contributed by atoms with Crippen molar-refractivity contribution in [3.05, 3.63) is 39.9 Å². The fourth-order valence-electron chi connectivity index (χ4n) is 1.78. The minimum absolute atomic E-state index is 0.0326. The lowest BCUT2D eigenvalue weighted by molar-refractivity contribution is -0.384. The topological polar surface area (TPSA) is 115 Å². The number of nitro groups is 1. The average molecular weight is 279 g/mol. The first-order valence-electron chi connectivity index (χ1n) is 6.26. The first kappa shape index (κ1) is 15.6. The summed E-state index contributed by atoms with van der Waals surface area (Å²) < 4.78 is 0. The number of primary amides is 1. The lowest BCUT2D eigenvalue weighted by Crippen LogP contribution is -2.44. The summed E-state index contributed by atoms with van der Waals surface area (Å²) in [5, 5.41) is 13.2. The van der Waals surface area contributed by atoms with Gasteiger partial charge in [0.1, 0.15) is 6.04 Å². The number of hydrogen-bond acceptors (Lipinski definition) is 4. The summed E-state index contributed by atoms with van der Waals surface area (Å²) >= 11 is 0. The van der Waals surface area contributed by atoms with Gasteiger partial charge in [-0.25, -0.2) is 0 Å². The molecule has 0 radical (unpaired) electrons. The molecule has 0 saturated carbocycles. The standard InChI is InChI=1S/C13H17N3O4/c1-2-4-11(13(14)18)15-12(17)8-9-5-3-6-10(7-9)16(19)20/h3,5-7,11H,2,4,8H2,1H3,(H2,14,18)(H,15,17)/t11-/m0/s1. The zero-order valence-electron chi connectivity index (χ0n) is 11.2. The van der Waals surface area contributed by atoms with Crippen molar-refractivity contribution in [2.75, 3.05) is 0 Å². The van der Waals surface area contributed by atoms with Crippen molar-refractivity contribution >= 4 is 17.5 Å². The van der Waals surface area contributed by atoms with E-state index in [0.29, 0.717) is 18.4 Å². The Bertz CT molecular complexity index is 516. The minimum atomic E-state index is -0.703. The zero-order chi connectivity index (χ0) is 15.1. The molecule has 108 valence electrons. The van der Waals surface area contributed by atoms with Crippen LogP contribution >= 0.6 is 0 Å². The summed E-state index contributed by atoms with van der Waals surface area (Å²) in [6.45, 7) is 1.88. The van der Waals surface area contributed by atoms with Crippen LogP contribution in [0.5, 0.6) is 0 Å². The number of nitrogens with two attached hydrogens (primary N) is 1. The Morgan fingerprint density at radius 2 is 2.15 bits per heavy atom. The Morgan fingerprint density at radius 1 is 1.45 bits per heavy atom. The average Bonchev–Trinajstić information content (AvgIpc) is 2.38. The van der Waals surface area contributed by atoms with Crippen molar-refractivity contribution in [2.45, 2.75) is 32.2 Å². The predicted molar refractivity (Wildman–Crippen MR) is 72.8 cm³/mol. The maximum Gasteiger partial charge on any atom is 0.269 e.